The molecule has 2 rings (SSSR count). The van der Waals surface area contributed by atoms with Crippen LogP contribution in [-0.2, 0) is 0 Å². The second kappa shape index (κ2) is 6.15. The van der Waals surface area contributed by atoms with E-state index >= 15 is 0 Å². The van der Waals surface area contributed by atoms with E-state index in [0.717, 1.165) is 6.54 Å². The first-order chi connectivity index (χ1) is 8.66. The first-order valence-electron chi connectivity index (χ1n) is 6.33. The summed E-state index contributed by atoms with van der Waals surface area (Å²) in [6.45, 7) is 5.35. The van der Waals surface area contributed by atoms with Gasteiger partial charge in [-0.2, -0.15) is 0 Å². The molecular weight excluding hydrogens is 250 g/mol. The zero-order chi connectivity index (χ0) is 13.0. The Morgan fingerprint density at radius 1 is 1.56 bits per heavy atom. The van der Waals surface area contributed by atoms with Crippen LogP contribution in [0.4, 0.5) is 5.13 Å². The van der Waals surface area contributed by atoms with Crippen LogP contribution < -0.4 is 5.32 Å². The zero-order valence-corrected chi connectivity index (χ0v) is 11.4. The number of aromatic nitrogens is 1. The van der Waals surface area contributed by atoms with E-state index in [2.05, 4.69) is 22.1 Å². The van der Waals surface area contributed by atoms with Crippen molar-refractivity contribution < 1.29 is 9.90 Å². The normalized spacial score (nSPS) is 18.5. The van der Waals surface area contributed by atoms with Gasteiger partial charge >= 0.3 is 5.97 Å². The van der Waals surface area contributed by atoms with Gasteiger partial charge in [0.25, 0.3) is 0 Å². The number of likely N-dealkylation sites (tertiary alicyclic amines) is 1. The number of nitrogens with zero attached hydrogens (tertiary/aromatic N) is 2. The zero-order valence-electron chi connectivity index (χ0n) is 10.6. The molecule has 1 aliphatic rings. The fourth-order valence-electron chi connectivity index (χ4n) is 2.18. The Morgan fingerprint density at radius 3 is 2.89 bits per heavy atom. The molecule has 0 amide bonds. The predicted octanol–water partition coefficient (Wildman–Crippen LogP) is 2.13. The van der Waals surface area contributed by atoms with Crippen molar-refractivity contribution in [3.05, 3.63) is 11.1 Å². The number of rotatable bonds is 5. The third-order valence-electron chi connectivity index (χ3n) is 3.29. The summed E-state index contributed by atoms with van der Waals surface area (Å²) in [4.78, 5) is 17.2. The molecule has 0 bridgehead atoms. The highest BCUT2D eigenvalue weighted by atomic mass is 32.1. The van der Waals surface area contributed by atoms with E-state index in [1.54, 1.807) is 5.38 Å². The Hall–Kier alpha value is -1.14. The Balaban J connectivity index is 1.80. The van der Waals surface area contributed by atoms with Crippen LogP contribution in [0.2, 0.25) is 0 Å². The van der Waals surface area contributed by atoms with Crippen molar-refractivity contribution in [2.24, 2.45) is 0 Å². The molecule has 1 aliphatic heterocycles. The van der Waals surface area contributed by atoms with E-state index in [4.69, 9.17) is 5.11 Å². The molecule has 0 saturated carbocycles. The molecule has 0 spiro atoms. The summed E-state index contributed by atoms with van der Waals surface area (Å²) in [7, 11) is 0. The quantitative estimate of drug-likeness (QED) is 0.857. The second-order valence-electron chi connectivity index (χ2n) is 4.67. The SMILES string of the molecule is CC(CNc1nc(C(=O)O)cs1)N1CCCCC1. The molecule has 0 radical (unpaired) electrons. The first kappa shape index (κ1) is 13.3. The molecule has 1 saturated heterocycles. The van der Waals surface area contributed by atoms with Gasteiger partial charge in [-0.05, 0) is 32.9 Å². The minimum atomic E-state index is -0.969. The number of carbonyl (C=O) groups is 1. The summed E-state index contributed by atoms with van der Waals surface area (Å²) in [6, 6.07) is 0.461. The lowest BCUT2D eigenvalue weighted by molar-refractivity contribution is 0.0691. The van der Waals surface area contributed by atoms with E-state index in [1.165, 1.54) is 43.7 Å². The lowest BCUT2D eigenvalue weighted by atomic mass is 10.1. The largest absolute Gasteiger partial charge is 0.476 e. The maximum absolute atomic E-state index is 10.7. The summed E-state index contributed by atoms with van der Waals surface area (Å²) in [5.41, 5.74) is 0.119. The topological polar surface area (TPSA) is 65.5 Å². The molecule has 18 heavy (non-hydrogen) atoms. The van der Waals surface area contributed by atoms with Gasteiger partial charge in [0.05, 0.1) is 0 Å². The average Bonchev–Trinajstić information content (AvgIpc) is 2.86. The minimum absolute atomic E-state index is 0.119. The van der Waals surface area contributed by atoms with Gasteiger partial charge in [0.1, 0.15) is 0 Å². The average molecular weight is 269 g/mol. The Bertz CT molecular complexity index is 402. The van der Waals surface area contributed by atoms with E-state index < -0.39 is 5.97 Å². The van der Waals surface area contributed by atoms with Crippen LogP contribution in [-0.4, -0.2) is 46.6 Å². The number of hydrogen-bond donors (Lipinski definition) is 2. The van der Waals surface area contributed by atoms with Crippen LogP contribution in [0.15, 0.2) is 5.38 Å². The molecule has 2 N–H and O–H groups in total. The number of carboxylic acids is 1. The van der Waals surface area contributed by atoms with Crippen LogP contribution in [0.3, 0.4) is 0 Å². The molecular formula is C12H19N3O2S. The van der Waals surface area contributed by atoms with Gasteiger partial charge in [0.2, 0.25) is 0 Å². The fraction of sp³-hybridized carbons (Fsp3) is 0.667. The van der Waals surface area contributed by atoms with Gasteiger partial charge < -0.3 is 10.4 Å². The van der Waals surface area contributed by atoms with Gasteiger partial charge in [0.15, 0.2) is 10.8 Å². The molecule has 1 atom stereocenters. The Labute approximate surface area is 111 Å². The maximum atomic E-state index is 10.7. The maximum Gasteiger partial charge on any atom is 0.355 e. The summed E-state index contributed by atoms with van der Waals surface area (Å²) >= 11 is 1.34. The second-order valence-corrected chi connectivity index (χ2v) is 5.53. The third-order valence-corrected chi connectivity index (χ3v) is 4.09. The molecule has 6 heteroatoms. The number of anilines is 1. The summed E-state index contributed by atoms with van der Waals surface area (Å²) < 4.78 is 0. The van der Waals surface area contributed by atoms with E-state index in [-0.39, 0.29) is 5.69 Å². The molecule has 5 nitrogen and oxygen atoms in total. The van der Waals surface area contributed by atoms with E-state index in [9.17, 15) is 4.79 Å². The molecule has 1 aromatic heterocycles. The third kappa shape index (κ3) is 3.43. The monoisotopic (exact) mass is 269 g/mol. The Morgan fingerprint density at radius 2 is 2.28 bits per heavy atom. The highest BCUT2D eigenvalue weighted by Crippen LogP contribution is 2.17. The molecule has 1 fully saturated rings. The summed E-state index contributed by atoms with van der Waals surface area (Å²) in [5, 5.41) is 14.3. The van der Waals surface area contributed by atoms with Crippen molar-refractivity contribution >= 4 is 22.4 Å². The number of aromatic carboxylic acids is 1. The molecule has 2 heterocycles. The molecule has 1 unspecified atom stereocenters. The summed E-state index contributed by atoms with van der Waals surface area (Å²) in [6.07, 6.45) is 3.90. The first-order valence-corrected chi connectivity index (χ1v) is 7.21. The lowest BCUT2D eigenvalue weighted by Gasteiger charge is -2.32. The van der Waals surface area contributed by atoms with Crippen molar-refractivity contribution in [1.82, 2.24) is 9.88 Å². The molecule has 100 valence electrons. The highest BCUT2D eigenvalue weighted by Gasteiger charge is 2.17. The van der Waals surface area contributed by atoms with Crippen LogP contribution in [0.5, 0.6) is 0 Å². The number of hydrogen-bond acceptors (Lipinski definition) is 5. The molecule has 0 aromatic carbocycles. The van der Waals surface area contributed by atoms with E-state index in [1.807, 2.05) is 0 Å². The Kier molecular flexibility index (Phi) is 4.54. The van der Waals surface area contributed by atoms with Gasteiger partial charge in [-0.3, -0.25) is 4.90 Å². The van der Waals surface area contributed by atoms with Crippen LogP contribution in [0.1, 0.15) is 36.7 Å². The van der Waals surface area contributed by atoms with Gasteiger partial charge in [-0.25, -0.2) is 9.78 Å². The van der Waals surface area contributed by atoms with Gasteiger partial charge in [0, 0.05) is 18.0 Å². The highest BCUT2D eigenvalue weighted by molar-refractivity contribution is 7.13. The smallest absolute Gasteiger partial charge is 0.355 e. The number of nitrogens with one attached hydrogen (secondary N) is 1. The minimum Gasteiger partial charge on any atom is -0.476 e. The molecule has 0 aliphatic carbocycles. The fourth-order valence-corrected chi connectivity index (χ4v) is 2.87. The number of piperidine rings is 1. The van der Waals surface area contributed by atoms with Crippen molar-refractivity contribution in [2.75, 3.05) is 25.0 Å². The van der Waals surface area contributed by atoms with Crippen LogP contribution in [0.25, 0.3) is 0 Å². The van der Waals surface area contributed by atoms with E-state index in [0.29, 0.717) is 11.2 Å². The summed E-state index contributed by atoms with van der Waals surface area (Å²) in [5.74, 6) is -0.969. The van der Waals surface area contributed by atoms with Crippen molar-refractivity contribution in [1.29, 1.82) is 0 Å². The van der Waals surface area contributed by atoms with Crippen LogP contribution >= 0.6 is 11.3 Å². The van der Waals surface area contributed by atoms with Crippen molar-refractivity contribution in [3.8, 4) is 0 Å². The number of thiazole rings is 1. The predicted molar refractivity (Wildman–Crippen MR) is 72.4 cm³/mol. The van der Waals surface area contributed by atoms with Crippen molar-refractivity contribution in [2.45, 2.75) is 32.2 Å². The van der Waals surface area contributed by atoms with Crippen molar-refractivity contribution in [3.63, 3.8) is 0 Å². The lowest BCUT2D eigenvalue weighted by Crippen LogP contribution is -2.41. The number of carboxylic acid groups (broad SMARTS) is 1. The van der Waals surface area contributed by atoms with Gasteiger partial charge in [-0.15, -0.1) is 11.3 Å². The van der Waals surface area contributed by atoms with Crippen LogP contribution in [0, 0.1) is 0 Å². The standard InChI is InChI=1S/C12H19N3O2S/c1-9(15-5-3-2-4-6-15)7-13-12-14-10(8-18-12)11(16)17/h8-9H,2-7H2,1H3,(H,13,14)(H,16,17). The molecule has 1 aromatic rings. The van der Waals surface area contributed by atoms with Gasteiger partial charge in [-0.1, -0.05) is 6.42 Å².